The second-order valence-corrected chi connectivity index (χ2v) is 9.60. The number of rotatable bonds is 4. The highest BCUT2D eigenvalue weighted by molar-refractivity contribution is 6.30. The van der Waals surface area contributed by atoms with E-state index >= 15 is 0 Å². The Labute approximate surface area is 194 Å². The maximum atomic E-state index is 13.9. The summed E-state index contributed by atoms with van der Waals surface area (Å²) in [5, 5.41) is 11.0. The summed E-state index contributed by atoms with van der Waals surface area (Å²) < 4.78 is 0. The van der Waals surface area contributed by atoms with Gasteiger partial charge < -0.3 is 25.5 Å². The molecule has 0 radical (unpaired) electrons. The lowest BCUT2D eigenvalue weighted by atomic mass is 9.84. The lowest BCUT2D eigenvalue weighted by Gasteiger charge is -2.45. The van der Waals surface area contributed by atoms with Crippen molar-refractivity contribution >= 4 is 23.5 Å². The van der Waals surface area contributed by atoms with Crippen molar-refractivity contribution in [3.8, 4) is 0 Å². The Morgan fingerprint density at radius 2 is 1.72 bits per heavy atom. The van der Waals surface area contributed by atoms with Crippen LogP contribution in [0, 0.1) is 0 Å². The number of aliphatic hydroxyl groups excluding tert-OH is 1. The number of likely N-dealkylation sites (tertiary alicyclic amines) is 2. The Morgan fingerprint density at radius 3 is 2.28 bits per heavy atom. The number of urea groups is 1. The predicted octanol–water partition coefficient (Wildman–Crippen LogP) is 1.31. The zero-order chi connectivity index (χ0) is 22.9. The van der Waals surface area contributed by atoms with E-state index in [9.17, 15) is 14.7 Å². The van der Waals surface area contributed by atoms with Crippen LogP contribution in [-0.2, 0) is 10.3 Å². The van der Waals surface area contributed by atoms with Crippen molar-refractivity contribution in [3.63, 3.8) is 0 Å². The van der Waals surface area contributed by atoms with Gasteiger partial charge in [0.05, 0.1) is 6.10 Å². The number of likely N-dealkylation sites (N-methyl/N-ethyl adjacent to an activating group) is 1. The topological polar surface area (TPSA) is 93.3 Å². The van der Waals surface area contributed by atoms with Crippen LogP contribution >= 0.6 is 11.6 Å². The van der Waals surface area contributed by atoms with Crippen LogP contribution in [0.2, 0.25) is 5.02 Å². The minimum atomic E-state index is -1.30. The molecule has 0 aliphatic carbocycles. The number of hydrogen-bond donors (Lipinski definition) is 2. The minimum absolute atomic E-state index is 0.0435. The van der Waals surface area contributed by atoms with E-state index in [1.807, 2.05) is 4.90 Å². The third-order valence-corrected chi connectivity index (χ3v) is 7.70. The quantitative estimate of drug-likeness (QED) is 0.702. The minimum Gasteiger partial charge on any atom is -0.391 e. The number of nitrogens with zero attached hydrogens (tertiary/aromatic N) is 4. The number of piperidine rings is 1. The first-order chi connectivity index (χ1) is 15.3. The number of amides is 3. The fraction of sp³-hybridized carbons (Fsp3) is 0.652. The number of primary amides is 1. The number of piperazine rings is 1. The summed E-state index contributed by atoms with van der Waals surface area (Å²) in [5.74, 6) is -0.163. The van der Waals surface area contributed by atoms with Crippen molar-refractivity contribution in [1.82, 2.24) is 19.6 Å². The summed E-state index contributed by atoms with van der Waals surface area (Å²) in [6.07, 6.45) is 1.14. The first-order valence-electron chi connectivity index (χ1n) is 11.6. The van der Waals surface area contributed by atoms with Gasteiger partial charge in [0.15, 0.2) is 5.54 Å². The van der Waals surface area contributed by atoms with E-state index in [0.29, 0.717) is 29.7 Å². The molecule has 4 rings (SSSR count). The third-order valence-electron chi connectivity index (χ3n) is 7.45. The van der Waals surface area contributed by atoms with Gasteiger partial charge in [0.25, 0.3) is 5.91 Å². The smallest absolute Gasteiger partial charge is 0.316 e. The van der Waals surface area contributed by atoms with Gasteiger partial charge in [-0.3, -0.25) is 9.69 Å². The zero-order valence-corrected chi connectivity index (χ0v) is 19.5. The number of carbonyl (C=O) groups excluding carboxylic acids is 2. The SMILES string of the molecule is CCN1CCN(C2CCN(C(=O)[C@]3(c4ccc(Cl)cc4)C[C@@H](O)CN3C(N)=O)CC2)CC1. The molecule has 9 heteroatoms. The number of β-amino-alcohol motifs (C(OH)–C–C–N with tert-alkyl or cyclic N) is 1. The molecule has 3 heterocycles. The Morgan fingerprint density at radius 1 is 1.09 bits per heavy atom. The fourth-order valence-corrected chi connectivity index (χ4v) is 5.75. The third kappa shape index (κ3) is 4.33. The molecule has 8 nitrogen and oxygen atoms in total. The highest BCUT2D eigenvalue weighted by Gasteiger charge is 2.55. The fourth-order valence-electron chi connectivity index (χ4n) is 5.63. The Bertz CT molecular complexity index is 821. The average Bonchev–Trinajstić information content (AvgIpc) is 3.18. The maximum absolute atomic E-state index is 13.9. The molecule has 3 N–H and O–H groups in total. The van der Waals surface area contributed by atoms with E-state index in [2.05, 4.69) is 16.7 Å². The summed E-state index contributed by atoms with van der Waals surface area (Å²) >= 11 is 6.07. The molecule has 2 atom stereocenters. The molecule has 3 aliphatic rings. The van der Waals surface area contributed by atoms with Crippen LogP contribution in [-0.4, -0.2) is 101 Å². The van der Waals surface area contributed by atoms with Gasteiger partial charge >= 0.3 is 6.03 Å². The monoisotopic (exact) mass is 463 g/mol. The van der Waals surface area contributed by atoms with Crippen LogP contribution in [0.3, 0.4) is 0 Å². The van der Waals surface area contributed by atoms with E-state index in [0.717, 1.165) is 45.6 Å². The van der Waals surface area contributed by atoms with E-state index in [4.69, 9.17) is 17.3 Å². The van der Waals surface area contributed by atoms with E-state index in [1.165, 1.54) is 4.90 Å². The van der Waals surface area contributed by atoms with Gasteiger partial charge in [-0.1, -0.05) is 30.7 Å². The van der Waals surface area contributed by atoms with Crippen molar-refractivity contribution in [2.24, 2.45) is 5.73 Å². The second-order valence-electron chi connectivity index (χ2n) is 9.17. The molecule has 3 fully saturated rings. The van der Waals surface area contributed by atoms with Crippen molar-refractivity contribution < 1.29 is 14.7 Å². The van der Waals surface area contributed by atoms with Crippen LogP contribution in [0.5, 0.6) is 0 Å². The molecular formula is C23H34ClN5O3. The summed E-state index contributed by atoms with van der Waals surface area (Å²) in [5.41, 5.74) is 5.02. The molecule has 0 saturated carbocycles. The van der Waals surface area contributed by atoms with Gasteiger partial charge in [0, 0.05) is 63.3 Å². The van der Waals surface area contributed by atoms with Gasteiger partial charge in [-0.2, -0.15) is 0 Å². The Hall–Kier alpha value is -1.87. The standard InChI is InChI=1S/C23H34ClN5O3/c1-2-26-11-13-27(14-12-26)19-7-9-28(10-8-19)21(31)23(17-3-5-18(24)6-4-17)15-20(30)16-29(23)22(25)32/h3-6,19-20,30H,2,7-16H2,1H3,(H2,25,32)/t20-,23-/m1/s1. The van der Waals surface area contributed by atoms with Gasteiger partial charge in [-0.15, -0.1) is 0 Å². The number of nitrogens with two attached hydrogens (primary N) is 1. The lowest BCUT2D eigenvalue weighted by Crippen LogP contribution is -2.60. The number of carbonyl (C=O) groups is 2. The number of benzene rings is 1. The normalized spacial score (nSPS) is 28.3. The van der Waals surface area contributed by atoms with Crippen LogP contribution in [0.1, 0.15) is 31.7 Å². The van der Waals surface area contributed by atoms with E-state index in [1.54, 1.807) is 24.3 Å². The van der Waals surface area contributed by atoms with Crippen molar-refractivity contribution in [3.05, 3.63) is 34.9 Å². The van der Waals surface area contributed by atoms with Crippen LogP contribution in [0.25, 0.3) is 0 Å². The molecule has 3 saturated heterocycles. The average molecular weight is 464 g/mol. The van der Waals surface area contributed by atoms with E-state index in [-0.39, 0.29) is 18.9 Å². The highest BCUT2D eigenvalue weighted by atomic mass is 35.5. The molecule has 0 aromatic heterocycles. The first kappa shape index (κ1) is 23.3. The number of hydrogen-bond acceptors (Lipinski definition) is 5. The molecule has 1 aromatic rings. The van der Waals surface area contributed by atoms with Gasteiger partial charge in [-0.05, 0) is 37.1 Å². The van der Waals surface area contributed by atoms with Crippen molar-refractivity contribution in [2.45, 2.75) is 43.9 Å². The van der Waals surface area contributed by atoms with E-state index < -0.39 is 17.7 Å². The summed E-state index contributed by atoms with van der Waals surface area (Å²) in [6.45, 7) is 8.95. The van der Waals surface area contributed by atoms with Gasteiger partial charge in [0.1, 0.15) is 0 Å². The summed E-state index contributed by atoms with van der Waals surface area (Å²) in [4.78, 5) is 34.5. The predicted molar refractivity (Wildman–Crippen MR) is 123 cm³/mol. The molecule has 0 spiro atoms. The number of aliphatic hydroxyl groups is 1. The Kier molecular flexibility index (Phi) is 6.95. The van der Waals surface area contributed by atoms with Gasteiger partial charge in [0.2, 0.25) is 0 Å². The largest absolute Gasteiger partial charge is 0.391 e. The second kappa shape index (κ2) is 9.55. The molecule has 0 bridgehead atoms. The maximum Gasteiger partial charge on any atom is 0.316 e. The van der Waals surface area contributed by atoms with Crippen LogP contribution < -0.4 is 5.73 Å². The molecule has 1 aromatic carbocycles. The molecule has 176 valence electrons. The summed E-state index contributed by atoms with van der Waals surface area (Å²) in [7, 11) is 0. The zero-order valence-electron chi connectivity index (χ0n) is 18.8. The molecule has 3 amide bonds. The lowest BCUT2D eigenvalue weighted by molar-refractivity contribution is -0.144. The van der Waals surface area contributed by atoms with Crippen molar-refractivity contribution in [2.75, 3.05) is 52.4 Å². The molecule has 3 aliphatic heterocycles. The first-order valence-corrected chi connectivity index (χ1v) is 12.0. The Balaban J connectivity index is 1.51. The molecular weight excluding hydrogens is 430 g/mol. The molecule has 32 heavy (non-hydrogen) atoms. The van der Waals surface area contributed by atoms with Crippen LogP contribution in [0.15, 0.2) is 24.3 Å². The highest BCUT2D eigenvalue weighted by Crippen LogP contribution is 2.41. The number of halogens is 1. The summed E-state index contributed by atoms with van der Waals surface area (Å²) in [6, 6.07) is 6.71. The molecule has 0 unspecified atom stereocenters. The van der Waals surface area contributed by atoms with Crippen LogP contribution in [0.4, 0.5) is 4.79 Å². The van der Waals surface area contributed by atoms with Crippen molar-refractivity contribution in [1.29, 1.82) is 0 Å². The van der Waals surface area contributed by atoms with Gasteiger partial charge in [-0.25, -0.2) is 4.79 Å².